The standard InChI is InChI=1S/C17H23N7OS/c1-3-23-16(14-5-4-10-25-14)20-24(17(23)26)12-22-8-6-13(7-9-22)15-19-18-11-21(15)2/h4-5,10-11,13H,3,6-9,12H2,1-2H3. The SMILES string of the molecule is CCn1c(-c2ccco2)nn(CN2CCC(c3nncn3C)CC2)c1=S. The molecule has 1 aliphatic rings. The van der Waals surface area contributed by atoms with Crippen molar-refractivity contribution in [3.63, 3.8) is 0 Å². The monoisotopic (exact) mass is 373 g/mol. The second-order valence-electron chi connectivity index (χ2n) is 6.66. The first-order valence-electron chi connectivity index (χ1n) is 8.95. The summed E-state index contributed by atoms with van der Waals surface area (Å²) < 4.78 is 12.2. The van der Waals surface area contributed by atoms with Crippen molar-refractivity contribution in [3.05, 3.63) is 35.3 Å². The van der Waals surface area contributed by atoms with Gasteiger partial charge in [0.15, 0.2) is 16.4 Å². The molecule has 0 bridgehead atoms. The van der Waals surface area contributed by atoms with E-state index in [2.05, 4.69) is 22.0 Å². The first-order chi connectivity index (χ1) is 12.7. The highest BCUT2D eigenvalue weighted by molar-refractivity contribution is 7.71. The van der Waals surface area contributed by atoms with Gasteiger partial charge < -0.3 is 8.98 Å². The van der Waals surface area contributed by atoms with E-state index in [1.54, 1.807) is 12.6 Å². The molecule has 1 fully saturated rings. The van der Waals surface area contributed by atoms with E-state index in [1.807, 2.05) is 33.0 Å². The maximum atomic E-state index is 5.63. The normalized spacial score (nSPS) is 16.4. The quantitative estimate of drug-likeness (QED) is 0.641. The lowest BCUT2D eigenvalue weighted by atomic mass is 9.96. The molecule has 138 valence electrons. The smallest absolute Gasteiger partial charge is 0.199 e. The van der Waals surface area contributed by atoms with E-state index in [4.69, 9.17) is 21.7 Å². The van der Waals surface area contributed by atoms with Crippen LogP contribution < -0.4 is 0 Å². The fourth-order valence-corrected chi connectivity index (χ4v) is 3.90. The maximum absolute atomic E-state index is 5.63. The Bertz CT molecular complexity index is 915. The lowest BCUT2D eigenvalue weighted by molar-refractivity contribution is 0.157. The van der Waals surface area contributed by atoms with E-state index < -0.39 is 0 Å². The zero-order chi connectivity index (χ0) is 18.1. The summed E-state index contributed by atoms with van der Waals surface area (Å²) in [5.41, 5.74) is 0. The van der Waals surface area contributed by atoms with Gasteiger partial charge in [-0.2, -0.15) is 0 Å². The summed E-state index contributed by atoms with van der Waals surface area (Å²) >= 11 is 5.63. The third-order valence-electron chi connectivity index (χ3n) is 5.01. The summed E-state index contributed by atoms with van der Waals surface area (Å²) in [6.07, 6.45) is 5.57. The number of aryl methyl sites for hydroxylation is 1. The fourth-order valence-electron chi connectivity index (χ4n) is 3.59. The van der Waals surface area contributed by atoms with Gasteiger partial charge in [-0.05, 0) is 44.1 Å². The molecule has 0 atom stereocenters. The Balaban J connectivity index is 1.47. The molecule has 0 N–H and O–H groups in total. The molecule has 8 nitrogen and oxygen atoms in total. The van der Waals surface area contributed by atoms with Crippen LogP contribution in [0.3, 0.4) is 0 Å². The number of rotatable bonds is 5. The van der Waals surface area contributed by atoms with Crippen molar-refractivity contribution in [2.75, 3.05) is 13.1 Å². The first kappa shape index (κ1) is 17.2. The number of aromatic nitrogens is 6. The number of furan rings is 1. The van der Waals surface area contributed by atoms with Crippen LogP contribution >= 0.6 is 12.2 Å². The van der Waals surface area contributed by atoms with Gasteiger partial charge in [-0.25, -0.2) is 4.68 Å². The molecule has 0 spiro atoms. The Hall–Kier alpha value is -2.26. The summed E-state index contributed by atoms with van der Waals surface area (Å²) in [7, 11) is 2.01. The molecule has 0 radical (unpaired) electrons. The average molecular weight is 373 g/mol. The number of piperidine rings is 1. The number of likely N-dealkylation sites (tertiary alicyclic amines) is 1. The third-order valence-corrected chi connectivity index (χ3v) is 5.44. The molecule has 26 heavy (non-hydrogen) atoms. The largest absolute Gasteiger partial charge is 0.461 e. The molecule has 9 heteroatoms. The summed E-state index contributed by atoms with van der Waals surface area (Å²) in [6.45, 7) is 5.53. The Morgan fingerprint density at radius 3 is 2.73 bits per heavy atom. The molecule has 4 heterocycles. The van der Waals surface area contributed by atoms with Crippen molar-refractivity contribution in [2.24, 2.45) is 7.05 Å². The zero-order valence-corrected chi connectivity index (χ0v) is 15.9. The highest BCUT2D eigenvalue weighted by Crippen LogP contribution is 2.26. The van der Waals surface area contributed by atoms with Gasteiger partial charge >= 0.3 is 0 Å². The van der Waals surface area contributed by atoms with Crippen LogP contribution in [0.2, 0.25) is 0 Å². The van der Waals surface area contributed by atoms with Crippen LogP contribution in [0, 0.1) is 4.77 Å². The van der Waals surface area contributed by atoms with Crippen LogP contribution in [-0.2, 0) is 20.3 Å². The number of hydrogen-bond donors (Lipinski definition) is 0. The van der Waals surface area contributed by atoms with Gasteiger partial charge in [0.25, 0.3) is 0 Å². The fraction of sp³-hybridized carbons (Fsp3) is 0.529. The first-order valence-corrected chi connectivity index (χ1v) is 9.36. The Labute approximate surface area is 157 Å². The summed E-state index contributed by atoms with van der Waals surface area (Å²) in [6, 6.07) is 3.79. The van der Waals surface area contributed by atoms with Crippen LogP contribution in [0.15, 0.2) is 29.1 Å². The zero-order valence-electron chi connectivity index (χ0n) is 15.1. The van der Waals surface area contributed by atoms with Gasteiger partial charge in [-0.15, -0.1) is 15.3 Å². The summed E-state index contributed by atoms with van der Waals surface area (Å²) in [5.74, 6) is 3.09. The van der Waals surface area contributed by atoms with Gasteiger partial charge in [0.2, 0.25) is 0 Å². The van der Waals surface area contributed by atoms with Crippen LogP contribution in [-0.4, -0.2) is 47.1 Å². The van der Waals surface area contributed by atoms with Crippen LogP contribution in [0.1, 0.15) is 31.5 Å². The van der Waals surface area contributed by atoms with Gasteiger partial charge in [-0.3, -0.25) is 9.47 Å². The summed E-state index contributed by atoms with van der Waals surface area (Å²) in [4.78, 5) is 2.39. The van der Waals surface area contributed by atoms with Gasteiger partial charge in [-0.1, -0.05) is 0 Å². The van der Waals surface area contributed by atoms with Crippen LogP contribution in [0.5, 0.6) is 0 Å². The van der Waals surface area contributed by atoms with Gasteiger partial charge in [0.1, 0.15) is 12.2 Å². The van der Waals surface area contributed by atoms with Crippen molar-refractivity contribution in [2.45, 2.75) is 38.9 Å². The van der Waals surface area contributed by atoms with E-state index >= 15 is 0 Å². The highest BCUT2D eigenvalue weighted by Gasteiger charge is 2.25. The van der Waals surface area contributed by atoms with Crippen molar-refractivity contribution in [3.8, 4) is 11.6 Å². The predicted octanol–water partition coefficient (Wildman–Crippen LogP) is 2.66. The molecule has 0 aliphatic carbocycles. The number of hydrogen-bond acceptors (Lipinski definition) is 6. The second kappa shape index (κ2) is 7.16. The third kappa shape index (κ3) is 3.12. The minimum absolute atomic E-state index is 0.471. The molecule has 3 aromatic heterocycles. The Morgan fingerprint density at radius 1 is 1.31 bits per heavy atom. The van der Waals surface area contributed by atoms with Crippen molar-refractivity contribution < 1.29 is 4.42 Å². The van der Waals surface area contributed by atoms with E-state index in [0.29, 0.717) is 12.6 Å². The average Bonchev–Trinajstić information content (AvgIpc) is 3.37. The molecule has 1 saturated heterocycles. The lowest BCUT2D eigenvalue weighted by Gasteiger charge is -2.30. The molecule has 0 aromatic carbocycles. The lowest BCUT2D eigenvalue weighted by Crippen LogP contribution is -2.35. The molecule has 4 rings (SSSR count). The second-order valence-corrected chi connectivity index (χ2v) is 7.03. The number of nitrogens with zero attached hydrogens (tertiary/aromatic N) is 7. The minimum Gasteiger partial charge on any atom is -0.461 e. The summed E-state index contributed by atoms with van der Waals surface area (Å²) in [5, 5.41) is 13.0. The Kier molecular flexibility index (Phi) is 4.73. The van der Waals surface area contributed by atoms with Gasteiger partial charge in [0.05, 0.1) is 12.9 Å². The van der Waals surface area contributed by atoms with Crippen molar-refractivity contribution in [1.29, 1.82) is 0 Å². The van der Waals surface area contributed by atoms with E-state index in [-0.39, 0.29) is 0 Å². The van der Waals surface area contributed by atoms with Gasteiger partial charge in [0, 0.05) is 32.6 Å². The van der Waals surface area contributed by atoms with Crippen LogP contribution in [0.25, 0.3) is 11.6 Å². The van der Waals surface area contributed by atoms with E-state index in [9.17, 15) is 0 Å². The van der Waals surface area contributed by atoms with Crippen molar-refractivity contribution >= 4 is 12.2 Å². The predicted molar refractivity (Wildman–Crippen MR) is 99.0 cm³/mol. The molecule has 0 saturated carbocycles. The topological polar surface area (TPSA) is 69.8 Å². The molecule has 0 unspecified atom stereocenters. The van der Waals surface area contributed by atoms with Crippen molar-refractivity contribution in [1.82, 2.24) is 34.0 Å². The Morgan fingerprint density at radius 2 is 2.12 bits per heavy atom. The molecule has 1 aliphatic heterocycles. The van der Waals surface area contributed by atoms with E-state index in [1.165, 1.54) is 0 Å². The maximum Gasteiger partial charge on any atom is 0.199 e. The molecule has 0 amide bonds. The molecule has 3 aromatic rings. The molecular formula is C17H23N7OS. The minimum atomic E-state index is 0.471. The van der Waals surface area contributed by atoms with Crippen LogP contribution in [0.4, 0.5) is 0 Å². The molecular weight excluding hydrogens is 350 g/mol. The van der Waals surface area contributed by atoms with E-state index in [0.717, 1.165) is 54.7 Å². The highest BCUT2D eigenvalue weighted by atomic mass is 32.1.